The van der Waals surface area contributed by atoms with E-state index in [1.54, 1.807) is 0 Å². The molecule has 0 fully saturated rings. The first kappa shape index (κ1) is 25.5. The molecule has 6 nitrogen and oxygen atoms in total. The second kappa shape index (κ2) is 10.0. The number of benzene rings is 5. The Morgan fingerprint density at radius 3 is 2.16 bits per heavy atom. The van der Waals surface area contributed by atoms with Gasteiger partial charge in [-0.05, 0) is 66.7 Å². The van der Waals surface area contributed by atoms with Crippen molar-refractivity contribution in [3.63, 3.8) is 0 Å². The summed E-state index contributed by atoms with van der Waals surface area (Å²) in [5.74, 6) is 2.78. The Kier molecular flexibility index (Phi) is 5.68. The Bertz CT molecular complexity index is 2220. The first-order valence-corrected chi connectivity index (χ1v) is 15.1. The van der Waals surface area contributed by atoms with E-state index >= 15 is 0 Å². The Balaban J connectivity index is 1.16. The molecule has 45 heavy (non-hydrogen) atoms. The molecule has 0 unspecified atom stereocenters. The molecule has 0 saturated carbocycles. The van der Waals surface area contributed by atoms with Crippen molar-refractivity contribution in [2.75, 3.05) is 23.5 Å². The van der Waals surface area contributed by atoms with Crippen molar-refractivity contribution < 1.29 is 4.74 Å². The Morgan fingerprint density at radius 2 is 1.36 bits per heavy atom. The highest BCUT2D eigenvalue weighted by molar-refractivity contribution is 6.10. The summed E-state index contributed by atoms with van der Waals surface area (Å²) in [5.41, 5.74) is 8.54. The summed E-state index contributed by atoms with van der Waals surface area (Å²) in [6.45, 7) is 0.724. The molecule has 4 heterocycles. The van der Waals surface area contributed by atoms with Crippen molar-refractivity contribution in [3.05, 3.63) is 146 Å². The molecule has 0 amide bonds. The van der Waals surface area contributed by atoms with E-state index < -0.39 is 0 Å². The van der Waals surface area contributed by atoms with Crippen LogP contribution >= 0.6 is 0 Å². The Hall–Kier alpha value is -6.01. The maximum Gasteiger partial charge on any atom is 0.151 e. The van der Waals surface area contributed by atoms with E-state index in [0.717, 1.165) is 58.0 Å². The van der Waals surface area contributed by atoms with Crippen LogP contribution in [0.25, 0.3) is 38.9 Å². The predicted octanol–water partition coefficient (Wildman–Crippen LogP) is 9.60. The molecule has 0 saturated heterocycles. The number of ether oxygens (including phenoxy) is 1. The van der Waals surface area contributed by atoms with Gasteiger partial charge in [0.05, 0.1) is 34.8 Å². The molecule has 0 spiro atoms. The molecule has 0 aliphatic carbocycles. The molecular weight excluding hydrogens is 554 g/mol. The molecule has 6 heteroatoms. The maximum absolute atomic E-state index is 6.46. The van der Waals surface area contributed by atoms with Gasteiger partial charge in [0.25, 0.3) is 0 Å². The molecule has 0 radical (unpaired) electrons. The van der Waals surface area contributed by atoms with Gasteiger partial charge in [-0.2, -0.15) is 0 Å². The van der Waals surface area contributed by atoms with Crippen LogP contribution in [0.5, 0.6) is 11.5 Å². The van der Waals surface area contributed by atoms with Gasteiger partial charge >= 0.3 is 0 Å². The second-order valence-corrected chi connectivity index (χ2v) is 11.5. The van der Waals surface area contributed by atoms with Gasteiger partial charge in [-0.3, -0.25) is 9.55 Å². The lowest BCUT2D eigenvalue weighted by atomic mass is 10.1. The van der Waals surface area contributed by atoms with Gasteiger partial charge in [-0.15, -0.1) is 0 Å². The van der Waals surface area contributed by atoms with Gasteiger partial charge in [0.15, 0.2) is 11.5 Å². The van der Waals surface area contributed by atoms with E-state index in [0.29, 0.717) is 0 Å². The average Bonchev–Trinajstić information content (AvgIpc) is 3.64. The van der Waals surface area contributed by atoms with Crippen LogP contribution in [-0.4, -0.2) is 28.2 Å². The lowest BCUT2D eigenvalue weighted by Crippen LogP contribution is -2.24. The number of hydrogen-bond acceptors (Lipinski definition) is 5. The standard InChI is InChI=1S/C39H29N5O/c1-41-26-42(25-39(41)44-33-16-4-2-13-30(33)31-14-3-5-17-34(31)44)28-20-21-38-36(24-28)43(35-18-6-7-19-37(35)45-38)29-12-10-11-27(23-29)32-15-8-9-22-40-32/h2-25H,26H2,1H3. The zero-order valence-corrected chi connectivity index (χ0v) is 24.7. The molecule has 0 bridgehead atoms. The van der Waals surface area contributed by atoms with E-state index in [1.807, 2.05) is 36.5 Å². The molecule has 216 valence electrons. The topological polar surface area (TPSA) is 36.8 Å². The van der Waals surface area contributed by atoms with Crippen molar-refractivity contribution in [3.8, 4) is 22.8 Å². The number of para-hydroxylation sites is 4. The fourth-order valence-electron chi connectivity index (χ4n) is 6.67. The van der Waals surface area contributed by atoms with Gasteiger partial charge < -0.3 is 19.4 Å². The SMILES string of the molecule is CN1CN(c2ccc3c(c2)N(c2cccc(-c4ccccn4)c2)c2ccccc2O3)C=C1n1c2ccccc2c2ccccc21. The highest BCUT2D eigenvalue weighted by Crippen LogP contribution is 2.52. The van der Waals surface area contributed by atoms with Crippen molar-refractivity contribution in [1.82, 2.24) is 14.5 Å². The summed E-state index contributed by atoms with van der Waals surface area (Å²) in [7, 11) is 2.16. The molecular formula is C39H29N5O. The molecule has 0 atom stereocenters. The monoisotopic (exact) mass is 583 g/mol. The first-order chi connectivity index (χ1) is 22.2. The summed E-state index contributed by atoms with van der Waals surface area (Å²) in [5, 5.41) is 2.52. The van der Waals surface area contributed by atoms with Crippen LogP contribution in [0.4, 0.5) is 22.7 Å². The summed E-state index contributed by atoms with van der Waals surface area (Å²) < 4.78 is 8.83. The van der Waals surface area contributed by atoms with Crippen LogP contribution in [0, 0.1) is 0 Å². The molecule has 2 aliphatic heterocycles. The number of nitrogens with zero attached hydrogens (tertiary/aromatic N) is 5. The van der Waals surface area contributed by atoms with Gasteiger partial charge in [0, 0.05) is 47.2 Å². The molecule has 5 aromatic carbocycles. The number of rotatable bonds is 4. The molecule has 2 aromatic heterocycles. The molecule has 2 aliphatic rings. The van der Waals surface area contributed by atoms with Gasteiger partial charge in [-0.1, -0.05) is 66.7 Å². The summed E-state index contributed by atoms with van der Waals surface area (Å²) >= 11 is 0. The Labute approximate surface area is 261 Å². The highest BCUT2D eigenvalue weighted by Gasteiger charge is 2.29. The number of pyridine rings is 1. The van der Waals surface area contributed by atoms with Gasteiger partial charge in [-0.25, -0.2) is 0 Å². The van der Waals surface area contributed by atoms with Crippen molar-refractivity contribution >= 4 is 50.4 Å². The smallest absolute Gasteiger partial charge is 0.151 e. The van der Waals surface area contributed by atoms with Crippen LogP contribution in [0.2, 0.25) is 0 Å². The van der Waals surface area contributed by atoms with Gasteiger partial charge in [0.1, 0.15) is 5.82 Å². The normalized spacial score (nSPS) is 14.0. The van der Waals surface area contributed by atoms with E-state index in [1.165, 1.54) is 21.8 Å². The van der Waals surface area contributed by atoms with E-state index in [4.69, 9.17) is 4.74 Å². The summed E-state index contributed by atoms with van der Waals surface area (Å²) in [6.07, 6.45) is 4.09. The number of aromatic nitrogens is 2. The van der Waals surface area contributed by atoms with E-state index in [9.17, 15) is 0 Å². The van der Waals surface area contributed by atoms with E-state index in [-0.39, 0.29) is 0 Å². The van der Waals surface area contributed by atoms with Crippen LogP contribution < -0.4 is 14.5 Å². The van der Waals surface area contributed by atoms with Gasteiger partial charge in [0.2, 0.25) is 0 Å². The Morgan fingerprint density at radius 1 is 0.622 bits per heavy atom. The molecule has 0 N–H and O–H groups in total. The van der Waals surface area contributed by atoms with Crippen molar-refractivity contribution in [2.24, 2.45) is 0 Å². The third-order valence-corrected chi connectivity index (χ3v) is 8.74. The predicted molar refractivity (Wildman–Crippen MR) is 183 cm³/mol. The third-order valence-electron chi connectivity index (χ3n) is 8.74. The minimum Gasteiger partial charge on any atom is -0.453 e. The molecule has 9 rings (SSSR count). The average molecular weight is 584 g/mol. The van der Waals surface area contributed by atoms with E-state index in [2.05, 4.69) is 141 Å². The zero-order valence-electron chi connectivity index (χ0n) is 24.7. The lowest BCUT2D eigenvalue weighted by Gasteiger charge is -2.34. The summed E-state index contributed by atoms with van der Waals surface area (Å²) in [6, 6.07) is 46.5. The largest absolute Gasteiger partial charge is 0.453 e. The number of hydrogen-bond donors (Lipinski definition) is 0. The fraction of sp³-hybridized carbons (Fsp3) is 0.0513. The quantitative estimate of drug-likeness (QED) is 0.206. The molecule has 7 aromatic rings. The minimum absolute atomic E-state index is 0.724. The van der Waals surface area contributed by atoms with Crippen LogP contribution in [-0.2, 0) is 0 Å². The van der Waals surface area contributed by atoms with Crippen LogP contribution in [0.1, 0.15) is 0 Å². The van der Waals surface area contributed by atoms with Crippen LogP contribution in [0.3, 0.4) is 0 Å². The second-order valence-electron chi connectivity index (χ2n) is 11.5. The third kappa shape index (κ3) is 4.07. The first-order valence-electron chi connectivity index (χ1n) is 15.1. The fourth-order valence-corrected chi connectivity index (χ4v) is 6.67. The zero-order chi connectivity index (χ0) is 29.9. The maximum atomic E-state index is 6.46. The van der Waals surface area contributed by atoms with Crippen molar-refractivity contribution in [1.29, 1.82) is 0 Å². The number of anilines is 4. The van der Waals surface area contributed by atoms with Crippen molar-refractivity contribution in [2.45, 2.75) is 0 Å². The minimum atomic E-state index is 0.724. The number of fused-ring (bicyclic) bond motifs is 5. The lowest BCUT2D eigenvalue weighted by molar-refractivity contribution is 0.476. The highest BCUT2D eigenvalue weighted by atomic mass is 16.5. The van der Waals surface area contributed by atoms with Crippen LogP contribution in [0.15, 0.2) is 146 Å². The summed E-state index contributed by atoms with van der Waals surface area (Å²) in [4.78, 5) is 11.5.